The molecule has 1 heterocycles. The molecule has 3 N–H and O–H groups in total. The second-order valence-corrected chi connectivity index (χ2v) is 10.2. The molecule has 0 aliphatic heterocycles. The first kappa shape index (κ1) is 30.0. The number of aliphatic hydroxyl groups is 2. The second kappa shape index (κ2) is 13.5. The molecule has 9 heteroatoms. The van der Waals surface area contributed by atoms with Crippen LogP contribution in [0.5, 0.6) is 0 Å². The molecule has 0 spiro atoms. The number of halogens is 1. The molecule has 2 atom stereocenters. The zero-order valence-corrected chi connectivity index (χ0v) is 23.0. The summed E-state index contributed by atoms with van der Waals surface area (Å²) in [5.74, 6) is -0.416. The Hall–Kier alpha value is -3.56. The van der Waals surface area contributed by atoms with Crippen LogP contribution in [-0.2, 0) is 13.1 Å². The molecule has 209 valence electrons. The third-order valence-electron chi connectivity index (χ3n) is 6.49. The van der Waals surface area contributed by atoms with Crippen LogP contribution >= 0.6 is 0 Å². The number of imidazole rings is 1. The van der Waals surface area contributed by atoms with Gasteiger partial charge in [0.1, 0.15) is 17.3 Å². The van der Waals surface area contributed by atoms with E-state index in [2.05, 4.69) is 12.2 Å². The monoisotopic (exact) mass is 537 g/mol. The van der Waals surface area contributed by atoms with Crippen molar-refractivity contribution in [3.8, 4) is 11.4 Å². The number of aromatic nitrogens is 2. The first-order chi connectivity index (χ1) is 18.5. The lowest BCUT2D eigenvalue weighted by Gasteiger charge is -2.19. The van der Waals surface area contributed by atoms with Crippen molar-refractivity contribution in [3.05, 3.63) is 83.8 Å². The van der Waals surface area contributed by atoms with Crippen LogP contribution in [0.1, 0.15) is 71.1 Å². The maximum Gasteiger partial charge on any atom is 0.272 e. The zero-order chi connectivity index (χ0) is 28.7. The summed E-state index contributed by atoms with van der Waals surface area (Å²) in [5, 5.41) is 23.3. The van der Waals surface area contributed by atoms with E-state index in [1.807, 2.05) is 18.4 Å². The molecule has 3 rings (SSSR count). The molecule has 0 fully saturated rings. The fourth-order valence-corrected chi connectivity index (χ4v) is 4.38. The highest BCUT2D eigenvalue weighted by atomic mass is 19.1. The summed E-state index contributed by atoms with van der Waals surface area (Å²) in [6.07, 6.45) is -0.613. The Morgan fingerprint density at radius 2 is 1.69 bits per heavy atom. The molecular weight excluding hydrogens is 499 g/mol. The van der Waals surface area contributed by atoms with Crippen LogP contribution in [0.3, 0.4) is 0 Å². The standard InChI is InChI=1S/C30H38FN4O4/c1-6-24(36)17-25(37)15-16-35-27(19(2)3)26(33-28(35)21-11-13-23(31)14-12-21)29(38)32-18-20-7-9-22(10-8-20)30(39)34(4)5/h7-14,19,24-25,36-37H,1,6,15-18H2,2-5H3,(H,32,38). The van der Waals surface area contributed by atoms with Gasteiger partial charge in [-0.1, -0.05) is 32.9 Å². The van der Waals surface area contributed by atoms with Crippen LogP contribution in [0.15, 0.2) is 48.5 Å². The van der Waals surface area contributed by atoms with Gasteiger partial charge in [-0.3, -0.25) is 9.59 Å². The SMILES string of the molecule is [CH2]CC(O)CC(O)CCn1c(-c2ccc(F)cc2)nc(C(=O)NCc2ccc(C(=O)N(C)C)cc2)c1C(C)C. The number of hydrogen-bond acceptors (Lipinski definition) is 5. The van der Waals surface area contributed by atoms with Crippen molar-refractivity contribution in [1.82, 2.24) is 19.8 Å². The summed E-state index contributed by atoms with van der Waals surface area (Å²) in [4.78, 5) is 31.7. The smallest absolute Gasteiger partial charge is 0.272 e. The Bertz CT molecular complexity index is 1250. The first-order valence-electron chi connectivity index (χ1n) is 13.1. The summed E-state index contributed by atoms with van der Waals surface area (Å²) in [6, 6.07) is 12.9. The van der Waals surface area contributed by atoms with Crippen LogP contribution in [0.4, 0.5) is 4.39 Å². The van der Waals surface area contributed by atoms with E-state index in [1.54, 1.807) is 50.5 Å². The van der Waals surface area contributed by atoms with Crippen molar-refractivity contribution in [2.45, 2.75) is 64.3 Å². The summed E-state index contributed by atoms with van der Waals surface area (Å²) < 4.78 is 15.5. The van der Waals surface area contributed by atoms with Gasteiger partial charge in [-0.05, 0) is 67.1 Å². The van der Waals surface area contributed by atoms with Gasteiger partial charge in [0.05, 0.1) is 17.9 Å². The van der Waals surface area contributed by atoms with Crippen molar-refractivity contribution in [1.29, 1.82) is 0 Å². The Balaban J connectivity index is 1.88. The summed E-state index contributed by atoms with van der Waals surface area (Å²) >= 11 is 0. The number of amides is 2. The third kappa shape index (κ3) is 7.74. The molecule has 1 radical (unpaired) electrons. The number of nitrogens with zero attached hydrogens (tertiary/aromatic N) is 3. The molecule has 0 aliphatic rings. The molecule has 2 aromatic carbocycles. The molecule has 0 bridgehead atoms. The zero-order valence-electron chi connectivity index (χ0n) is 23.0. The van der Waals surface area contributed by atoms with E-state index in [0.717, 1.165) is 5.56 Å². The fraction of sp³-hybridized carbons (Fsp3) is 0.400. The lowest BCUT2D eigenvalue weighted by Crippen LogP contribution is -2.25. The lowest BCUT2D eigenvalue weighted by atomic mass is 10.1. The van der Waals surface area contributed by atoms with E-state index >= 15 is 0 Å². The van der Waals surface area contributed by atoms with Crippen LogP contribution < -0.4 is 5.32 Å². The van der Waals surface area contributed by atoms with Crippen molar-refractivity contribution in [2.24, 2.45) is 0 Å². The highest BCUT2D eigenvalue weighted by Gasteiger charge is 2.26. The van der Waals surface area contributed by atoms with Crippen LogP contribution in [-0.4, -0.2) is 62.8 Å². The highest BCUT2D eigenvalue weighted by Crippen LogP contribution is 2.29. The van der Waals surface area contributed by atoms with Gasteiger partial charge in [0, 0.05) is 38.3 Å². The van der Waals surface area contributed by atoms with Crippen molar-refractivity contribution < 1.29 is 24.2 Å². The number of aliphatic hydroxyl groups excluding tert-OH is 2. The number of benzene rings is 2. The topological polar surface area (TPSA) is 108 Å². The Morgan fingerprint density at radius 1 is 1.05 bits per heavy atom. The fourth-order valence-electron chi connectivity index (χ4n) is 4.38. The maximum atomic E-state index is 13.6. The molecule has 3 aromatic rings. The van der Waals surface area contributed by atoms with Crippen molar-refractivity contribution in [3.63, 3.8) is 0 Å². The predicted molar refractivity (Wildman–Crippen MR) is 149 cm³/mol. The van der Waals surface area contributed by atoms with Gasteiger partial charge in [0.2, 0.25) is 0 Å². The van der Waals surface area contributed by atoms with E-state index in [0.29, 0.717) is 42.0 Å². The van der Waals surface area contributed by atoms with Gasteiger partial charge in [-0.2, -0.15) is 0 Å². The maximum absolute atomic E-state index is 13.6. The minimum Gasteiger partial charge on any atom is -0.393 e. The van der Waals surface area contributed by atoms with E-state index in [1.165, 1.54) is 17.0 Å². The summed E-state index contributed by atoms with van der Waals surface area (Å²) in [6.45, 7) is 8.19. The van der Waals surface area contributed by atoms with Crippen LogP contribution in [0.25, 0.3) is 11.4 Å². The minimum atomic E-state index is -0.759. The molecule has 1 aromatic heterocycles. The quantitative estimate of drug-likeness (QED) is 0.322. The molecule has 39 heavy (non-hydrogen) atoms. The van der Waals surface area contributed by atoms with Crippen LogP contribution in [0.2, 0.25) is 0 Å². The van der Waals surface area contributed by atoms with E-state index < -0.39 is 12.2 Å². The lowest BCUT2D eigenvalue weighted by molar-refractivity contribution is 0.0741. The largest absolute Gasteiger partial charge is 0.393 e. The van der Waals surface area contributed by atoms with E-state index in [9.17, 15) is 24.2 Å². The van der Waals surface area contributed by atoms with E-state index in [4.69, 9.17) is 4.98 Å². The second-order valence-electron chi connectivity index (χ2n) is 10.2. The number of carbonyl (C=O) groups is 2. The summed E-state index contributed by atoms with van der Waals surface area (Å²) in [7, 11) is 3.38. The third-order valence-corrected chi connectivity index (χ3v) is 6.49. The van der Waals surface area contributed by atoms with Crippen molar-refractivity contribution >= 4 is 11.8 Å². The first-order valence-corrected chi connectivity index (χ1v) is 13.1. The van der Waals surface area contributed by atoms with E-state index in [-0.39, 0.29) is 42.2 Å². The normalized spacial score (nSPS) is 12.8. The predicted octanol–water partition coefficient (Wildman–Crippen LogP) is 4.17. The number of carbonyl (C=O) groups excluding carboxylic acids is 2. The van der Waals surface area contributed by atoms with Crippen LogP contribution in [0, 0.1) is 12.7 Å². The Kier molecular flexibility index (Phi) is 10.4. The molecule has 0 saturated heterocycles. The molecule has 0 aliphatic carbocycles. The van der Waals surface area contributed by atoms with Gasteiger partial charge >= 0.3 is 0 Å². The number of nitrogens with one attached hydrogen (secondary N) is 1. The molecular formula is C30H38FN4O4. The summed E-state index contributed by atoms with van der Waals surface area (Å²) in [5.41, 5.74) is 2.99. The Morgan fingerprint density at radius 3 is 2.26 bits per heavy atom. The average Bonchev–Trinajstić information content (AvgIpc) is 3.30. The molecule has 2 amide bonds. The number of hydrogen-bond donors (Lipinski definition) is 3. The molecule has 8 nitrogen and oxygen atoms in total. The number of rotatable bonds is 12. The minimum absolute atomic E-state index is 0.0775. The van der Waals surface area contributed by atoms with Crippen molar-refractivity contribution in [2.75, 3.05) is 14.1 Å². The van der Waals surface area contributed by atoms with Gasteiger partial charge in [0.15, 0.2) is 0 Å². The average molecular weight is 538 g/mol. The van der Waals surface area contributed by atoms with Gasteiger partial charge in [-0.15, -0.1) is 0 Å². The van der Waals surface area contributed by atoms with Gasteiger partial charge < -0.3 is 25.0 Å². The van der Waals surface area contributed by atoms with Gasteiger partial charge in [0.25, 0.3) is 11.8 Å². The van der Waals surface area contributed by atoms with Gasteiger partial charge in [-0.25, -0.2) is 9.37 Å². The molecule has 0 saturated carbocycles. The highest BCUT2D eigenvalue weighted by molar-refractivity contribution is 5.95. The molecule has 2 unspecified atom stereocenters. The Labute approximate surface area is 229 Å².